The van der Waals surface area contributed by atoms with Crippen LogP contribution in [0.25, 0.3) is 0 Å². The van der Waals surface area contributed by atoms with Gasteiger partial charge in [0, 0.05) is 53.1 Å². The number of amides is 5. The summed E-state index contributed by atoms with van der Waals surface area (Å²) in [5.74, 6) is -3.84. The van der Waals surface area contributed by atoms with E-state index in [4.69, 9.17) is 9.47 Å². The molecule has 15 nitrogen and oxygen atoms in total. The number of fused-ring (bicyclic) bond motifs is 7. The van der Waals surface area contributed by atoms with Gasteiger partial charge in [-0.2, -0.15) is 0 Å². The van der Waals surface area contributed by atoms with E-state index < -0.39 is 88.7 Å². The first-order valence-electron chi connectivity index (χ1n) is 23.2. The third-order valence-corrected chi connectivity index (χ3v) is 15.5. The van der Waals surface area contributed by atoms with Crippen LogP contribution < -0.4 is 16.0 Å². The van der Waals surface area contributed by atoms with Crippen molar-refractivity contribution in [2.75, 3.05) is 18.5 Å². The number of alkyl halides is 1. The predicted octanol–water partition coefficient (Wildman–Crippen LogP) is 4.41. The number of aliphatic hydroxyl groups is 2. The molecule has 0 unspecified atom stereocenters. The van der Waals surface area contributed by atoms with Crippen molar-refractivity contribution in [1.82, 2.24) is 15.5 Å². The Bertz CT molecular complexity index is 2440. The fourth-order valence-electron chi connectivity index (χ4n) is 11.9. The van der Waals surface area contributed by atoms with E-state index in [1.165, 1.54) is 31.2 Å². The summed E-state index contributed by atoms with van der Waals surface area (Å²) in [7, 11) is 0. The Morgan fingerprint density at radius 3 is 2.33 bits per heavy atom. The Morgan fingerprint density at radius 1 is 0.896 bits per heavy atom. The molecule has 67 heavy (non-hydrogen) atoms. The fraction of sp³-hybridized carbons (Fsp3) is 0.510. The van der Waals surface area contributed by atoms with Gasteiger partial charge in [0.15, 0.2) is 29.1 Å². The van der Waals surface area contributed by atoms with Crippen molar-refractivity contribution in [1.29, 1.82) is 0 Å². The summed E-state index contributed by atoms with van der Waals surface area (Å²) in [4.78, 5) is 89.1. The summed E-state index contributed by atoms with van der Waals surface area (Å²) >= 11 is 0. The largest absolute Gasteiger partial charge is 0.390 e. The number of aliphatic hydroxyl groups excluding tert-OH is 2. The molecule has 4 fully saturated rings. The molecule has 3 saturated carbocycles. The first kappa shape index (κ1) is 47.8. The maximum absolute atomic E-state index is 17.7. The minimum atomic E-state index is -2.09. The van der Waals surface area contributed by atoms with Crippen LogP contribution >= 0.6 is 0 Å². The molecule has 8 rings (SSSR count). The zero-order valence-corrected chi connectivity index (χ0v) is 38.2. The van der Waals surface area contributed by atoms with E-state index in [0.717, 1.165) is 16.0 Å². The van der Waals surface area contributed by atoms with E-state index in [0.29, 0.717) is 61.8 Å². The van der Waals surface area contributed by atoms with Crippen LogP contribution in [-0.2, 0) is 49.5 Å². The molecule has 1 saturated heterocycles. The summed E-state index contributed by atoms with van der Waals surface area (Å²) in [5.41, 5.74) is -2.35. The normalized spacial score (nSPS) is 32.4. The SMILES string of the molecule is C[C@H](NC(=O)CCCCCN1C(=O)C=CC1=O)C(=O)N[C@@H](C)C(=O)Nc1cccc(Cc2ccc([C@@H]3O[C@@H]4C[C@H]5[C@@H]6CCC7=CC(=O)C=C[C@]7(C)[C@@]6(F)[C@@H](O)C[C@]5(C)[C@]4(C(=O)CO)O3)cc2)c1. The number of halogens is 1. The molecule has 0 spiro atoms. The first-order chi connectivity index (χ1) is 31.8. The van der Waals surface area contributed by atoms with Gasteiger partial charge >= 0.3 is 0 Å². The average molecular weight is 923 g/mol. The molecular formula is C51H59FN4O11. The van der Waals surface area contributed by atoms with Gasteiger partial charge in [-0.15, -0.1) is 0 Å². The van der Waals surface area contributed by atoms with Gasteiger partial charge in [-0.1, -0.05) is 61.4 Å². The number of rotatable bonds is 16. The van der Waals surface area contributed by atoms with E-state index in [9.17, 15) is 43.8 Å². The summed E-state index contributed by atoms with van der Waals surface area (Å²) in [6.07, 6.45) is 7.05. The zero-order chi connectivity index (χ0) is 48.1. The first-order valence-corrected chi connectivity index (χ1v) is 23.2. The van der Waals surface area contributed by atoms with Gasteiger partial charge < -0.3 is 35.6 Å². The van der Waals surface area contributed by atoms with Crippen LogP contribution in [0.4, 0.5) is 10.1 Å². The number of hydrogen-bond acceptors (Lipinski definition) is 11. The van der Waals surface area contributed by atoms with Crippen LogP contribution in [0.2, 0.25) is 0 Å². The lowest BCUT2D eigenvalue weighted by atomic mass is 9.44. The van der Waals surface area contributed by atoms with E-state index in [-0.39, 0.29) is 42.9 Å². The molecule has 4 aliphatic carbocycles. The van der Waals surface area contributed by atoms with E-state index in [2.05, 4.69) is 16.0 Å². The lowest BCUT2D eigenvalue weighted by molar-refractivity contribution is -0.231. The van der Waals surface area contributed by atoms with Gasteiger partial charge in [-0.3, -0.25) is 38.5 Å². The van der Waals surface area contributed by atoms with Gasteiger partial charge in [0.25, 0.3) is 11.8 Å². The minimum Gasteiger partial charge on any atom is -0.390 e. The molecule has 2 aromatic rings. The number of imide groups is 1. The zero-order valence-electron chi connectivity index (χ0n) is 38.2. The quantitative estimate of drug-likeness (QED) is 0.117. The number of ketones is 2. The predicted molar refractivity (Wildman–Crippen MR) is 241 cm³/mol. The lowest BCUT2D eigenvalue weighted by Crippen LogP contribution is -2.69. The van der Waals surface area contributed by atoms with Gasteiger partial charge in [0.05, 0.1) is 12.2 Å². The number of nitrogens with one attached hydrogen (secondary N) is 3. The number of unbranched alkanes of at least 4 members (excludes halogenated alkanes) is 2. The number of carbonyl (C=O) groups is 7. The van der Waals surface area contributed by atoms with Crippen molar-refractivity contribution in [3.8, 4) is 0 Å². The molecule has 6 aliphatic rings. The van der Waals surface area contributed by atoms with E-state index in [1.807, 2.05) is 43.3 Å². The summed E-state index contributed by atoms with van der Waals surface area (Å²) in [6, 6.07) is 13.0. The Balaban J connectivity index is 0.839. The minimum absolute atomic E-state index is 0.100. The number of Topliss-reactive ketones (excluding diaryl/α,β-unsaturated/α-hetero) is 1. The molecule has 0 bridgehead atoms. The van der Waals surface area contributed by atoms with Crippen LogP contribution in [-0.4, -0.2) is 105 Å². The number of carbonyl (C=O) groups excluding carboxylic acids is 7. The van der Waals surface area contributed by atoms with Gasteiger partial charge in [0.1, 0.15) is 18.7 Å². The third kappa shape index (κ3) is 8.40. The second kappa shape index (κ2) is 18.4. The Kier molecular flexibility index (Phi) is 13.1. The number of benzene rings is 2. The number of allylic oxidation sites excluding steroid dienone is 4. The fourth-order valence-corrected chi connectivity index (χ4v) is 11.9. The molecule has 2 aromatic carbocycles. The van der Waals surface area contributed by atoms with Crippen molar-refractivity contribution in [2.24, 2.45) is 22.7 Å². The monoisotopic (exact) mass is 922 g/mol. The van der Waals surface area contributed by atoms with Crippen molar-refractivity contribution in [2.45, 2.75) is 127 Å². The number of hydrogen-bond donors (Lipinski definition) is 5. The highest BCUT2D eigenvalue weighted by molar-refractivity contribution is 6.12. The highest BCUT2D eigenvalue weighted by Crippen LogP contribution is 2.72. The van der Waals surface area contributed by atoms with Gasteiger partial charge in [0.2, 0.25) is 17.7 Å². The van der Waals surface area contributed by atoms with Crippen molar-refractivity contribution in [3.05, 3.63) is 101 Å². The van der Waals surface area contributed by atoms with E-state index in [1.54, 1.807) is 32.1 Å². The topological polar surface area (TPSA) is 218 Å². The molecule has 5 N–H and O–H groups in total. The van der Waals surface area contributed by atoms with Crippen LogP contribution in [0.15, 0.2) is 84.5 Å². The molecule has 16 heteroatoms. The molecular weight excluding hydrogens is 864 g/mol. The molecule has 5 amide bonds. The Morgan fingerprint density at radius 2 is 1.61 bits per heavy atom. The summed E-state index contributed by atoms with van der Waals surface area (Å²) < 4.78 is 31.0. The smallest absolute Gasteiger partial charge is 0.253 e. The Hall–Kier alpha value is -5.68. The van der Waals surface area contributed by atoms with Crippen molar-refractivity contribution in [3.63, 3.8) is 0 Å². The van der Waals surface area contributed by atoms with Crippen LogP contribution in [0.3, 0.4) is 0 Å². The lowest BCUT2D eigenvalue weighted by Gasteiger charge is -2.62. The van der Waals surface area contributed by atoms with Crippen molar-refractivity contribution < 1.29 is 57.6 Å². The standard InChI is InChI=1S/C51H59FN4O11/c1-29(53-42(61)11-6-5-7-22-56-43(62)18-19-44(56)63)45(64)54-30(2)46(65)55-35-10-8-9-32(24-35)23-31-12-14-33(15-13-31)47-66-41-26-38-37-17-16-34-25-36(58)20-21-48(34,3)50(37,52)39(59)27-49(38,4)51(41,67-47)40(60)28-57/h8-10,12-15,18-21,24-25,29-30,37-39,41,47,57,59H,5-7,11,16-17,22-23,26-28H2,1-4H3,(H,53,61)(H,54,64)(H,55,65)/t29-,30-,37-,38-,39-,41+,47+,48-,49-,50-,51+/m0/s1. The maximum Gasteiger partial charge on any atom is 0.253 e. The molecule has 2 aliphatic heterocycles. The summed E-state index contributed by atoms with van der Waals surface area (Å²) in [6.45, 7) is 6.13. The Labute approximate surface area is 388 Å². The molecule has 356 valence electrons. The second-order valence-corrected chi connectivity index (χ2v) is 19.5. The molecule has 0 radical (unpaired) electrons. The summed E-state index contributed by atoms with van der Waals surface area (Å²) in [5, 5.41) is 30.3. The van der Waals surface area contributed by atoms with Crippen LogP contribution in [0.5, 0.6) is 0 Å². The highest BCUT2D eigenvalue weighted by atomic mass is 19.1. The molecule has 0 aromatic heterocycles. The van der Waals surface area contributed by atoms with Crippen LogP contribution in [0, 0.1) is 22.7 Å². The average Bonchev–Trinajstić information content (AvgIpc) is 3.92. The molecule has 11 atom stereocenters. The second-order valence-electron chi connectivity index (χ2n) is 19.5. The van der Waals surface area contributed by atoms with Gasteiger partial charge in [-0.05, 0) is 107 Å². The third-order valence-electron chi connectivity index (χ3n) is 15.5. The van der Waals surface area contributed by atoms with Gasteiger partial charge in [-0.25, -0.2) is 4.39 Å². The number of nitrogens with zero attached hydrogens (tertiary/aromatic N) is 1. The number of anilines is 1. The number of ether oxygens (including phenoxy) is 2. The maximum atomic E-state index is 17.7. The highest BCUT2D eigenvalue weighted by Gasteiger charge is 2.79. The van der Waals surface area contributed by atoms with E-state index >= 15 is 4.39 Å². The molecule has 2 heterocycles. The van der Waals surface area contributed by atoms with Crippen molar-refractivity contribution >= 4 is 46.8 Å². The van der Waals surface area contributed by atoms with Crippen LogP contribution in [0.1, 0.15) is 102 Å².